The van der Waals surface area contributed by atoms with E-state index < -0.39 is 0 Å². The summed E-state index contributed by atoms with van der Waals surface area (Å²) in [6.07, 6.45) is 6.64. The molecule has 3 aliphatic rings. The summed E-state index contributed by atoms with van der Waals surface area (Å²) in [5, 5.41) is 4.92. The van der Waals surface area contributed by atoms with Gasteiger partial charge in [0.2, 0.25) is 5.91 Å². The maximum Gasteiger partial charge on any atom is 0.244 e. The van der Waals surface area contributed by atoms with E-state index >= 15 is 0 Å². The molecule has 0 spiro atoms. The lowest BCUT2D eigenvalue weighted by molar-refractivity contribution is -0.133. The van der Waals surface area contributed by atoms with Gasteiger partial charge >= 0.3 is 0 Å². The van der Waals surface area contributed by atoms with Crippen molar-refractivity contribution in [3.8, 4) is 5.75 Å². The molecule has 6 heteroatoms. The molecule has 0 radical (unpaired) electrons. The number of benzene rings is 1. The lowest BCUT2D eigenvalue weighted by Crippen LogP contribution is -2.36. The smallest absolute Gasteiger partial charge is 0.244 e. The van der Waals surface area contributed by atoms with Crippen LogP contribution in [-0.2, 0) is 22.5 Å². The lowest BCUT2D eigenvalue weighted by Gasteiger charge is -2.33. The van der Waals surface area contributed by atoms with Crippen molar-refractivity contribution in [3.63, 3.8) is 0 Å². The van der Waals surface area contributed by atoms with Gasteiger partial charge in [-0.2, -0.15) is 5.10 Å². The van der Waals surface area contributed by atoms with Crippen LogP contribution in [0.5, 0.6) is 5.75 Å². The Morgan fingerprint density at radius 3 is 2.82 bits per heavy atom. The van der Waals surface area contributed by atoms with Crippen LogP contribution in [0.2, 0.25) is 0 Å². The Hall–Kier alpha value is -2.34. The number of hydrogen-bond donors (Lipinski definition) is 0. The number of carbonyl (C=O) groups is 1. The van der Waals surface area contributed by atoms with Crippen LogP contribution < -0.4 is 4.74 Å². The number of rotatable bonds is 3. The molecule has 0 N–H and O–H groups in total. The highest BCUT2D eigenvalue weighted by Crippen LogP contribution is 2.45. The molecule has 2 aliphatic heterocycles. The molecule has 1 aromatic heterocycles. The topological polar surface area (TPSA) is 56.6 Å². The molecule has 5 rings (SSSR count). The van der Waals surface area contributed by atoms with E-state index in [9.17, 15) is 4.79 Å². The van der Waals surface area contributed by atoms with E-state index in [4.69, 9.17) is 14.6 Å². The molecule has 2 aromatic rings. The van der Waals surface area contributed by atoms with Crippen molar-refractivity contribution in [3.05, 3.63) is 46.3 Å². The standard InChI is InChI=1S/C28H39N3O3/c1-18-8-5-10-22-20(3)31(29-27(18)22)16-25(32)30-14-13-21-9-7-15-34-17-19(2)26-23(28(21)30)11-6-12-24(26)33-4/h6,11-12,18-19,21,28H,5,7-10,13-17H2,1-4H3/t18-,19?,21-,28?/m0/s1. The first-order chi connectivity index (χ1) is 16.5. The third-order valence-corrected chi connectivity index (χ3v) is 8.38. The predicted octanol–water partition coefficient (Wildman–Crippen LogP) is 5.14. The highest BCUT2D eigenvalue weighted by Gasteiger charge is 2.40. The van der Waals surface area contributed by atoms with Gasteiger partial charge < -0.3 is 14.4 Å². The maximum atomic E-state index is 13.8. The number of carbonyl (C=O) groups excluding carboxylic acids is 1. The Labute approximate surface area is 203 Å². The second-order valence-electron chi connectivity index (χ2n) is 10.6. The summed E-state index contributed by atoms with van der Waals surface area (Å²) >= 11 is 0. The molecule has 1 saturated heterocycles. The van der Waals surface area contributed by atoms with Gasteiger partial charge in [0.25, 0.3) is 0 Å². The summed E-state index contributed by atoms with van der Waals surface area (Å²) in [4.78, 5) is 16.0. The fourth-order valence-corrected chi connectivity index (χ4v) is 6.58. The van der Waals surface area contributed by atoms with E-state index in [-0.39, 0.29) is 17.9 Å². The minimum Gasteiger partial charge on any atom is -0.496 e. The number of ether oxygens (including phenoxy) is 2. The van der Waals surface area contributed by atoms with Gasteiger partial charge in [-0.3, -0.25) is 9.48 Å². The van der Waals surface area contributed by atoms with Crippen molar-refractivity contribution in [2.75, 3.05) is 26.9 Å². The van der Waals surface area contributed by atoms with Crippen LogP contribution in [0.25, 0.3) is 0 Å². The monoisotopic (exact) mass is 465 g/mol. The van der Waals surface area contributed by atoms with Crippen LogP contribution in [0.4, 0.5) is 0 Å². The van der Waals surface area contributed by atoms with Crippen LogP contribution >= 0.6 is 0 Å². The van der Waals surface area contributed by atoms with E-state index in [2.05, 4.69) is 37.8 Å². The quantitative estimate of drug-likeness (QED) is 0.630. The summed E-state index contributed by atoms with van der Waals surface area (Å²) in [7, 11) is 1.74. The van der Waals surface area contributed by atoms with E-state index in [0.29, 0.717) is 25.0 Å². The zero-order chi connectivity index (χ0) is 23.8. The minimum absolute atomic E-state index is 0.0857. The summed E-state index contributed by atoms with van der Waals surface area (Å²) in [5.74, 6) is 2.21. The van der Waals surface area contributed by atoms with Crippen molar-refractivity contribution in [1.29, 1.82) is 0 Å². The Balaban J connectivity index is 1.48. The Morgan fingerprint density at radius 2 is 2.03 bits per heavy atom. The van der Waals surface area contributed by atoms with Crippen molar-refractivity contribution in [1.82, 2.24) is 14.7 Å². The molecule has 4 atom stereocenters. The number of fused-ring (bicyclic) bond motifs is 4. The van der Waals surface area contributed by atoms with Crippen molar-refractivity contribution < 1.29 is 14.3 Å². The third-order valence-electron chi connectivity index (χ3n) is 8.38. The first kappa shape index (κ1) is 23.4. The first-order valence-corrected chi connectivity index (χ1v) is 13.1. The van der Waals surface area contributed by atoms with Crippen molar-refractivity contribution >= 4 is 5.91 Å². The van der Waals surface area contributed by atoms with Crippen molar-refractivity contribution in [2.45, 2.75) is 83.7 Å². The summed E-state index contributed by atoms with van der Waals surface area (Å²) in [6, 6.07) is 6.40. The zero-order valence-electron chi connectivity index (χ0n) is 21.2. The minimum atomic E-state index is 0.0857. The molecule has 0 bridgehead atoms. The second kappa shape index (κ2) is 9.73. The fraction of sp³-hybridized carbons (Fsp3) is 0.643. The summed E-state index contributed by atoms with van der Waals surface area (Å²) < 4.78 is 13.8. The SMILES string of the molecule is COc1cccc2c1C(C)COCCC[C@H]1CCN(C(=O)Cn3nc4c(c3C)CCC[C@@H]4C)C21. The molecule has 2 unspecified atom stereocenters. The molecule has 1 fully saturated rings. The highest BCUT2D eigenvalue weighted by atomic mass is 16.5. The van der Waals surface area contributed by atoms with Gasteiger partial charge in [-0.15, -0.1) is 0 Å². The third kappa shape index (κ3) is 4.15. The summed E-state index contributed by atoms with van der Waals surface area (Å²) in [6.45, 7) is 9.18. The maximum absolute atomic E-state index is 13.8. The number of methoxy groups -OCH3 is 1. The van der Waals surface area contributed by atoms with Gasteiger partial charge in [0.15, 0.2) is 0 Å². The first-order valence-electron chi connectivity index (χ1n) is 13.1. The Kier molecular flexibility index (Phi) is 6.70. The van der Waals surface area contributed by atoms with E-state index in [1.54, 1.807) is 7.11 Å². The molecule has 6 nitrogen and oxygen atoms in total. The average Bonchev–Trinajstić information content (AvgIpc) is 3.40. The Bertz CT molecular complexity index is 1050. The number of aromatic nitrogens is 2. The zero-order valence-corrected chi connectivity index (χ0v) is 21.2. The van der Waals surface area contributed by atoms with Gasteiger partial charge in [0.05, 0.1) is 25.5 Å². The largest absolute Gasteiger partial charge is 0.496 e. The molecule has 184 valence electrons. The fourth-order valence-electron chi connectivity index (χ4n) is 6.58. The summed E-state index contributed by atoms with van der Waals surface area (Å²) in [5.41, 5.74) is 6.18. The normalized spacial score (nSPS) is 27.0. The number of hydrogen-bond acceptors (Lipinski definition) is 4. The Morgan fingerprint density at radius 1 is 1.18 bits per heavy atom. The molecule has 0 saturated carbocycles. The van der Waals surface area contributed by atoms with Gasteiger partial charge in [0, 0.05) is 36.2 Å². The molecular weight excluding hydrogens is 426 g/mol. The van der Waals surface area contributed by atoms with Gasteiger partial charge in [-0.05, 0) is 68.6 Å². The van der Waals surface area contributed by atoms with Crippen LogP contribution in [0, 0.1) is 12.8 Å². The van der Waals surface area contributed by atoms with Gasteiger partial charge in [-0.25, -0.2) is 0 Å². The predicted molar refractivity (Wildman–Crippen MR) is 132 cm³/mol. The molecule has 1 amide bonds. The van der Waals surface area contributed by atoms with Gasteiger partial charge in [-0.1, -0.05) is 26.0 Å². The number of nitrogens with zero attached hydrogens (tertiary/aromatic N) is 3. The molecule has 1 aromatic carbocycles. The van der Waals surface area contributed by atoms with Crippen LogP contribution in [0.3, 0.4) is 0 Å². The lowest BCUT2D eigenvalue weighted by atomic mass is 9.83. The van der Waals surface area contributed by atoms with E-state index in [0.717, 1.165) is 44.6 Å². The van der Waals surface area contributed by atoms with Crippen LogP contribution in [-0.4, -0.2) is 47.5 Å². The number of amides is 1. The highest BCUT2D eigenvalue weighted by molar-refractivity contribution is 5.77. The molecule has 1 aliphatic carbocycles. The second-order valence-corrected chi connectivity index (χ2v) is 10.6. The van der Waals surface area contributed by atoms with Crippen LogP contribution in [0.1, 0.15) is 91.9 Å². The van der Waals surface area contributed by atoms with Crippen molar-refractivity contribution in [2.24, 2.45) is 5.92 Å². The van der Waals surface area contributed by atoms with E-state index in [1.807, 2.05) is 10.7 Å². The molecule has 3 heterocycles. The molecular formula is C28H39N3O3. The average molecular weight is 466 g/mol. The van der Waals surface area contributed by atoms with Gasteiger partial charge in [0.1, 0.15) is 12.3 Å². The number of likely N-dealkylation sites (tertiary alicyclic amines) is 1. The molecule has 34 heavy (non-hydrogen) atoms. The van der Waals surface area contributed by atoms with E-state index in [1.165, 1.54) is 40.9 Å². The van der Waals surface area contributed by atoms with Crippen LogP contribution in [0.15, 0.2) is 18.2 Å².